The first kappa shape index (κ1) is 24.1. The average Bonchev–Trinajstić information content (AvgIpc) is 2.77. The Labute approximate surface area is 185 Å². The van der Waals surface area contributed by atoms with Gasteiger partial charge in [0.15, 0.2) is 0 Å². The van der Waals surface area contributed by atoms with Crippen LogP contribution in [0, 0.1) is 11.8 Å². The number of rotatable bonds is 7. The highest BCUT2D eigenvalue weighted by atomic mass is 19.4. The summed E-state index contributed by atoms with van der Waals surface area (Å²) in [6, 6.07) is 5.82. The van der Waals surface area contributed by atoms with Crippen LogP contribution in [-0.2, 0) is 17.4 Å². The van der Waals surface area contributed by atoms with E-state index in [9.17, 15) is 18.0 Å². The van der Waals surface area contributed by atoms with Crippen molar-refractivity contribution in [2.24, 2.45) is 11.8 Å². The van der Waals surface area contributed by atoms with Crippen molar-refractivity contribution < 1.29 is 18.0 Å². The van der Waals surface area contributed by atoms with E-state index in [2.05, 4.69) is 23.6 Å². The second-order valence-electron chi connectivity index (χ2n) is 9.44. The van der Waals surface area contributed by atoms with Crippen molar-refractivity contribution in [1.29, 1.82) is 0 Å². The topological polar surface area (TPSA) is 23.6 Å². The second-order valence-corrected chi connectivity index (χ2v) is 9.44. The Morgan fingerprint density at radius 2 is 1.68 bits per heavy atom. The molecule has 1 atom stereocenters. The fraction of sp³-hybridized carbons (Fsp3) is 0.720. The van der Waals surface area contributed by atoms with E-state index in [1.165, 1.54) is 31.4 Å². The van der Waals surface area contributed by atoms with Crippen molar-refractivity contribution in [3.05, 3.63) is 35.4 Å². The first-order chi connectivity index (χ1) is 14.8. The second kappa shape index (κ2) is 10.8. The van der Waals surface area contributed by atoms with E-state index in [0.29, 0.717) is 11.8 Å². The Bertz CT molecular complexity index is 690. The normalized spacial score (nSPS) is 20.3. The van der Waals surface area contributed by atoms with Crippen molar-refractivity contribution in [3.63, 3.8) is 0 Å². The number of benzene rings is 1. The van der Waals surface area contributed by atoms with Gasteiger partial charge in [0.25, 0.3) is 0 Å². The molecule has 3 rings (SSSR count). The van der Waals surface area contributed by atoms with Crippen LogP contribution in [0.3, 0.4) is 0 Å². The molecule has 0 radical (unpaired) electrons. The number of piperidine rings is 1. The third kappa shape index (κ3) is 6.71. The SMILES string of the molecule is CCN(CC1CCN(C(=O)C2CCCCC2)CC1)C(C)Cc1ccc(C(F)(F)F)cc1. The molecule has 1 aromatic rings. The Balaban J connectivity index is 1.46. The molecule has 1 aliphatic carbocycles. The summed E-state index contributed by atoms with van der Waals surface area (Å²) >= 11 is 0. The smallest absolute Gasteiger partial charge is 0.342 e. The fourth-order valence-corrected chi connectivity index (χ4v) is 5.20. The molecule has 3 nitrogen and oxygen atoms in total. The van der Waals surface area contributed by atoms with Crippen LogP contribution in [0.1, 0.15) is 69.9 Å². The fourth-order valence-electron chi connectivity index (χ4n) is 5.20. The molecule has 0 spiro atoms. The van der Waals surface area contributed by atoms with Gasteiger partial charge < -0.3 is 9.80 Å². The Hall–Kier alpha value is -1.56. The van der Waals surface area contributed by atoms with Gasteiger partial charge in [-0.15, -0.1) is 0 Å². The quantitative estimate of drug-likeness (QED) is 0.539. The van der Waals surface area contributed by atoms with E-state index >= 15 is 0 Å². The van der Waals surface area contributed by atoms with Crippen LogP contribution in [0.25, 0.3) is 0 Å². The lowest BCUT2D eigenvalue weighted by Gasteiger charge is -2.38. The predicted molar refractivity (Wildman–Crippen MR) is 118 cm³/mol. The predicted octanol–water partition coefficient (Wildman–Crippen LogP) is 5.78. The summed E-state index contributed by atoms with van der Waals surface area (Å²) in [4.78, 5) is 17.3. The van der Waals surface area contributed by atoms with Gasteiger partial charge in [-0.25, -0.2) is 0 Å². The van der Waals surface area contributed by atoms with Gasteiger partial charge in [0.1, 0.15) is 0 Å². The minimum atomic E-state index is -4.28. The number of halogens is 3. The van der Waals surface area contributed by atoms with Crippen LogP contribution < -0.4 is 0 Å². The van der Waals surface area contributed by atoms with E-state index < -0.39 is 11.7 Å². The molecular formula is C25H37F3N2O. The number of carbonyl (C=O) groups excluding carboxylic acids is 1. The maximum Gasteiger partial charge on any atom is 0.416 e. The number of hydrogen-bond donors (Lipinski definition) is 0. The third-order valence-electron chi connectivity index (χ3n) is 7.22. The number of alkyl halides is 3. The number of hydrogen-bond acceptors (Lipinski definition) is 2. The molecule has 1 saturated heterocycles. The van der Waals surface area contributed by atoms with Gasteiger partial charge in [-0.3, -0.25) is 4.79 Å². The molecule has 6 heteroatoms. The molecule has 0 N–H and O–H groups in total. The Morgan fingerprint density at radius 3 is 2.23 bits per heavy atom. The summed E-state index contributed by atoms with van der Waals surface area (Å²) in [5.74, 6) is 1.20. The molecule has 2 aliphatic rings. The van der Waals surface area contributed by atoms with Crippen molar-refractivity contribution in [3.8, 4) is 0 Å². The maximum atomic E-state index is 12.8. The first-order valence-electron chi connectivity index (χ1n) is 12.0. The number of likely N-dealkylation sites (tertiary alicyclic amines) is 1. The molecule has 174 valence electrons. The number of nitrogens with zero attached hydrogens (tertiary/aromatic N) is 2. The molecule has 1 saturated carbocycles. The van der Waals surface area contributed by atoms with Crippen LogP contribution in [0.15, 0.2) is 24.3 Å². The number of amides is 1. The van der Waals surface area contributed by atoms with Crippen LogP contribution in [-0.4, -0.2) is 47.9 Å². The maximum absolute atomic E-state index is 12.8. The third-order valence-corrected chi connectivity index (χ3v) is 7.22. The minimum absolute atomic E-state index is 0.251. The van der Waals surface area contributed by atoms with E-state index in [1.54, 1.807) is 12.1 Å². The van der Waals surface area contributed by atoms with Gasteiger partial charge in [0, 0.05) is 31.6 Å². The zero-order valence-electron chi connectivity index (χ0n) is 19.0. The molecule has 31 heavy (non-hydrogen) atoms. The molecule has 2 fully saturated rings. The van der Waals surface area contributed by atoms with Crippen molar-refractivity contribution in [2.45, 2.75) is 77.4 Å². The van der Waals surface area contributed by atoms with Crippen LogP contribution in [0.2, 0.25) is 0 Å². The van der Waals surface area contributed by atoms with Crippen molar-refractivity contribution in [1.82, 2.24) is 9.80 Å². The first-order valence-corrected chi connectivity index (χ1v) is 12.0. The van der Waals surface area contributed by atoms with Crippen LogP contribution in [0.4, 0.5) is 13.2 Å². The summed E-state index contributed by atoms with van der Waals surface area (Å²) in [6.07, 6.45) is 4.31. The summed E-state index contributed by atoms with van der Waals surface area (Å²) in [5.41, 5.74) is 0.345. The van der Waals surface area contributed by atoms with E-state index in [-0.39, 0.29) is 12.0 Å². The molecule has 1 heterocycles. The standard InChI is InChI=1S/C25H37F3N2O/c1-3-29(19(2)17-20-9-11-23(12-10-20)25(26,27)28)18-21-13-15-30(16-14-21)24(31)22-7-5-4-6-8-22/h9-12,19,21-22H,3-8,13-18H2,1-2H3. The monoisotopic (exact) mass is 438 g/mol. The van der Waals surface area contributed by atoms with Gasteiger partial charge in [-0.2, -0.15) is 13.2 Å². The Kier molecular flexibility index (Phi) is 8.43. The van der Waals surface area contributed by atoms with Crippen molar-refractivity contribution >= 4 is 5.91 Å². The zero-order valence-corrected chi connectivity index (χ0v) is 19.0. The van der Waals surface area contributed by atoms with Gasteiger partial charge in [0.2, 0.25) is 5.91 Å². The van der Waals surface area contributed by atoms with Crippen molar-refractivity contribution in [2.75, 3.05) is 26.2 Å². The van der Waals surface area contributed by atoms with Gasteiger partial charge in [-0.1, -0.05) is 38.3 Å². The minimum Gasteiger partial charge on any atom is -0.342 e. The lowest BCUT2D eigenvalue weighted by molar-refractivity contribution is -0.138. The zero-order chi connectivity index (χ0) is 22.4. The Morgan fingerprint density at radius 1 is 1.06 bits per heavy atom. The molecule has 0 aromatic heterocycles. The molecule has 1 aliphatic heterocycles. The highest BCUT2D eigenvalue weighted by molar-refractivity contribution is 5.79. The highest BCUT2D eigenvalue weighted by Gasteiger charge is 2.31. The molecule has 1 unspecified atom stereocenters. The van der Waals surface area contributed by atoms with Gasteiger partial charge >= 0.3 is 6.18 Å². The van der Waals surface area contributed by atoms with Gasteiger partial charge in [-0.05, 0) is 69.2 Å². The largest absolute Gasteiger partial charge is 0.416 e. The summed E-state index contributed by atoms with van der Waals surface area (Å²) in [5, 5.41) is 0. The molecule has 1 aromatic carbocycles. The molecule has 1 amide bonds. The molecular weight excluding hydrogens is 401 g/mol. The summed E-state index contributed by atoms with van der Waals surface area (Å²) in [7, 11) is 0. The summed E-state index contributed by atoms with van der Waals surface area (Å²) in [6.45, 7) is 7.94. The lowest BCUT2D eigenvalue weighted by Crippen LogP contribution is -2.45. The van der Waals surface area contributed by atoms with Crippen LogP contribution >= 0.6 is 0 Å². The summed E-state index contributed by atoms with van der Waals surface area (Å²) < 4.78 is 38.3. The lowest BCUT2D eigenvalue weighted by atomic mass is 9.87. The number of likely N-dealkylation sites (N-methyl/N-ethyl adjacent to an activating group) is 1. The van der Waals surface area contributed by atoms with E-state index in [0.717, 1.165) is 63.8 Å². The average molecular weight is 439 g/mol. The van der Waals surface area contributed by atoms with Crippen LogP contribution in [0.5, 0.6) is 0 Å². The highest BCUT2D eigenvalue weighted by Crippen LogP contribution is 2.30. The number of carbonyl (C=O) groups is 1. The van der Waals surface area contributed by atoms with E-state index in [1.807, 2.05) is 0 Å². The van der Waals surface area contributed by atoms with Gasteiger partial charge in [0.05, 0.1) is 5.56 Å². The van der Waals surface area contributed by atoms with E-state index in [4.69, 9.17) is 0 Å². The molecule has 0 bridgehead atoms.